The molecule has 0 spiro atoms. The Bertz CT molecular complexity index is 870. The molecule has 0 atom stereocenters. The van der Waals surface area contributed by atoms with Crippen molar-refractivity contribution in [1.29, 1.82) is 5.26 Å². The molecule has 0 unspecified atom stereocenters. The number of nitrogens with zero attached hydrogens (tertiary/aromatic N) is 1. The first-order valence-electron chi connectivity index (χ1n) is 7.25. The lowest BCUT2D eigenvalue weighted by Crippen LogP contribution is -2.13. The van der Waals surface area contributed by atoms with Gasteiger partial charge >= 0.3 is 0 Å². The number of rotatable bonds is 6. The van der Waals surface area contributed by atoms with Crippen LogP contribution in [0.3, 0.4) is 0 Å². The SMILES string of the molecule is C=CCOc1ccc(Cl)cc1/C=C(\C#N)C(=O)Nc1cccc(Cl)c1. The molecule has 2 rings (SSSR count). The highest BCUT2D eigenvalue weighted by molar-refractivity contribution is 6.31. The minimum Gasteiger partial charge on any atom is -0.489 e. The lowest BCUT2D eigenvalue weighted by molar-refractivity contribution is -0.112. The van der Waals surface area contributed by atoms with Crippen molar-refractivity contribution in [2.45, 2.75) is 0 Å². The molecule has 0 heterocycles. The Hall–Kier alpha value is -2.74. The highest BCUT2D eigenvalue weighted by atomic mass is 35.5. The third kappa shape index (κ3) is 5.39. The number of nitriles is 1. The van der Waals surface area contributed by atoms with Crippen molar-refractivity contribution in [3.8, 4) is 11.8 Å². The van der Waals surface area contributed by atoms with Gasteiger partial charge in [0.05, 0.1) is 0 Å². The van der Waals surface area contributed by atoms with Crippen molar-refractivity contribution < 1.29 is 9.53 Å². The fourth-order valence-corrected chi connectivity index (χ4v) is 2.35. The second kappa shape index (κ2) is 8.93. The highest BCUT2D eigenvalue weighted by Gasteiger charge is 2.12. The maximum absolute atomic E-state index is 12.3. The number of benzene rings is 2. The Kier molecular flexibility index (Phi) is 6.64. The van der Waals surface area contributed by atoms with Gasteiger partial charge in [-0.2, -0.15) is 5.26 Å². The van der Waals surface area contributed by atoms with Crippen LogP contribution in [0.5, 0.6) is 5.75 Å². The van der Waals surface area contributed by atoms with Crippen molar-refractivity contribution in [1.82, 2.24) is 0 Å². The summed E-state index contributed by atoms with van der Waals surface area (Å²) in [5.74, 6) is -0.0629. The van der Waals surface area contributed by atoms with Gasteiger partial charge in [-0.3, -0.25) is 4.79 Å². The molecule has 0 saturated carbocycles. The van der Waals surface area contributed by atoms with Crippen molar-refractivity contribution in [3.05, 3.63) is 76.3 Å². The maximum atomic E-state index is 12.3. The van der Waals surface area contributed by atoms with E-state index in [4.69, 9.17) is 27.9 Å². The molecule has 0 bridgehead atoms. The van der Waals surface area contributed by atoms with E-state index in [-0.39, 0.29) is 5.57 Å². The highest BCUT2D eigenvalue weighted by Crippen LogP contribution is 2.26. The van der Waals surface area contributed by atoms with E-state index in [2.05, 4.69) is 11.9 Å². The summed E-state index contributed by atoms with van der Waals surface area (Å²) < 4.78 is 5.52. The Morgan fingerprint density at radius 2 is 2.00 bits per heavy atom. The van der Waals surface area contributed by atoms with E-state index < -0.39 is 5.91 Å². The van der Waals surface area contributed by atoms with Crippen LogP contribution < -0.4 is 10.1 Å². The largest absolute Gasteiger partial charge is 0.489 e. The van der Waals surface area contributed by atoms with E-state index in [1.54, 1.807) is 48.5 Å². The molecule has 0 aliphatic rings. The van der Waals surface area contributed by atoms with Gasteiger partial charge in [0.25, 0.3) is 5.91 Å². The zero-order valence-corrected chi connectivity index (χ0v) is 14.6. The predicted molar refractivity (Wildman–Crippen MR) is 101 cm³/mol. The van der Waals surface area contributed by atoms with Gasteiger partial charge in [0.2, 0.25) is 0 Å². The Balaban J connectivity index is 2.30. The van der Waals surface area contributed by atoms with Gasteiger partial charge in [-0.1, -0.05) is 41.9 Å². The standard InChI is InChI=1S/C19H14Cl2N2O2/c1-2-8-25-18-7-6-16(21)10-13(18)9-14(12-22)19(24)23-17-5-3-4-15(20)11-17/h2-7,9-11H,1,8H2,(H,23,24)/b14-9+. The van der Waals surface area contributed by atoms with E-state index >= 15 is 0 Å². The summed E-state index contributed by atoms with van der Waals surface area (Å²) in [4.78, 5) is 12.3. The first-order valence-corrected chi connectivity index (χ1v) is 8.01. The fraction of sp³-hybridized carbons (Fsp3) is 0.0526. The lowest BCUT2D eigenvalue weighted by atomic mass is 10.1. The third-order valence-corrected chi connectivity index (χ3v) is 3.55. The van der Waals surface area contributed by atoms with E-state index in [1.807, 2.05) is 6.07 Å². The number of hydrogen-bond donors (Lipinski definition) is 1. The molecular formula is C19H14Cl2N2O2. The van der Waals surface area contributed by atoms with Crippen LogP contribution in [0.4, 0.5) is 5.69 Å². The van der Waals surface area contributed by atoms with Crippen molar-refractivity contribution in [3.63, 3.8) is 0 Å². The molecule has 2 aromatic carbocycles. The Morgan fingerprint density at radius 1 is 1.24 bits per heavy atom. The number of carbonyl (C=O) groups excluding carboxylic acids is 1. The second-order valence-electron chi connectivity index (χ2n) is 4.92. The minimum absolute atomic E-state index is 0.0919. The van der Waals surface area contributed by atoms with Crippen LogP contribution in [0.2, 0.25) is 10.0 Å². The van der Waals surface area contributed by atoms with E-state index in [0.717, 1.165) is 0 Å². The summed E-state index contributed by atoms with van der Waals surface area (Å²) >= 11 is 11.9. The number of anilines is 1. The first kappa shape index (κ1) is 18.6. The number of halogens is 2. The van der Waals surface area contributed by atoms with Crippen LogP contribution >= 0.6 is 23.2 Å². The van der Waals surface area contributed by atoms with E-state index in [0.29, 0.717) is 33.7 Å². The van der Waals surface area contributed by atoms with Gasteiger partial charge in [0, 0.05) is 21.3 Å². The number of nitrogens with one attached hydrogen (secondary N) is 1. The number of carbonyl (C=O) groups is 1. The van der Waals surface area contributed by atoms with Crippen LogP contribution in [0, 0.1) is 11.3 Å². The van der Waals surface area contributed by atoms with Crippen LogP contribution in [0.25, 0.3) is 6.08 Å². The Morgan fingerprint density at radius 3 is 2.68 bits per heavy atom. The normalized spacial score (nSPS) is 10.7. The van der Waals surface area contributed by atoms with Crippen molar-refractivity contribution in [2.75, 3.05) is 11.9 Å². The maximum Gasteiger partial charge on any atom is 0.266 e. The fourth-order valence-electron chi connectivity index (χ4n) is 1.98. The minimum atomic E-state index is -0.556. The topological polar surface area (TPSA) is 62.1 Å². The molecule has 0 saturated heterocycles. The molecule has 4 nitrogen and oxygen atoms in total. The van der Waals surface area contributed by atoms with Gasteiger partial charge in [-0.15, -0.1) is 0 Å². The molecule has 0 aliphatic heterocycles. The smallest absolute Gasteiger partial charge is 0.266 e. The monoisotopic (exact) mass is 372 g/mol. The van der Waals surface area contributed by atoms with Gasteiger partial charge in [-0.25, -0.2) is 0 Å². The average molecular weight is 373 g/mol. The molecule has 126 valence electrons. The summed E-state index contributed by atoms with van der Waals surface area (Å²) in [7, 11) is 0. The van der Waals surface area contributed by atoms with Crippen LogP contribution in [0.15, 0.2) is 60.7 Å². The summed E-state index contributed by atoms with van der Waals surface area (Å²) in [6.07, 6.45) is 3.02. The molecule has 25 heavy (non-hydrogen) atoms. The lowest BCUT2D eigenvalue weighted by Gasteiger charge is -2.09. The summed E-state index contributed by atoms with van der Waals surface area (Å²) in [6.45, 7) is 3.88. The summed E-state index contributed by atoms with van der Waals surface area (Å²) in [5.41, 5.74) is 0.922. The average Bonchev–Trinajstić information content (AvgIpc) is 2.58. The molecule has 6 heteroatoms. The molecule has 2 aromatic rings. The number of hydrogen-bond acceptors (Lipinski definition) is 3. The van der Waals surface area contributed by atoms with E-state index in [9.17, 15) is 10.1 Å². The van der Waals surface area contributed by atoms with Crippen LogP contribution in [0.1, 0.15) is 5.56 Å². The number of amides is 1. The summed E-state index contributed by atoms with van der Waals surface area (Å²) in [5, 5.41) is 12.9. The van der Waals surface area contributed by atoms with Gasteiger partial charge in [0.15, 0.2) is 0 Å². The molecule has 0 fully saturated rings. The Labute approximate surface area is 155 Å². The molecule has 0 aromatic heterocycles. The number of ether oxygens (including phenoxy) is 1. The van der Waals surface area contributed by atoms with Gasteiger partial charge < -0.3 is 10.1 Å². The molecular weight excluding hydrogens is 359 g/mol. The van der Waals surface area contributed by atoms with Gasteiger partial charge in [-0.05, 0) is 42.5 Å². The van der Waals surface area contributed by atoms with Gasteiger partial charge in [0.1, 0.15) is 24.0 Å². The van der Waals surface area contributed by atoms with Crippen LogP contribution in [-0.4, -0.2) is 12.5 Å². The zero-order valence-electron chi connectivity index (χ0n) is 13.1. The summed E-state index contributed by atoms with van der Waals surface area (Å²) in [6, 6.07) is 13.5. The third-order valence-electron chi connectivity index (χ3n) is 3.08. The molecule has 0 aliphatic carbocycles. The van der Waals surface area contributed by atoms with Crippen molar-refractivity contribution >= 4 is 40.9 Å². The predicted octanol–water partition coefficient (Wildman–Crippen LogP) is 5.10. The van der Waals surface area contributed by atoms with Crippen molar-refractivity contribution in [2.24, 2.45) is 0 Å². The quantitative estimate of drug-likeness (QED) is 0.435. The second-order valence-corrected chi connectivity index (χ2v) is 5.79. The molecule has 1 N–H and O–H groups in total. The molecule has 0 radical (unpaired) electrons. The molecule has 1 amide bonds. The zero-order chi connectivity index (χ0) is 18.2. The van der Waals surface area contributed by atoms with E-state index in [1.165, 1.54) is 6.08 Å². The first-order chi connectivity index (χ1) is 12.0. The van der Waals surface area contributed by atoms with Crippen LogP contribution in [-0.2, 0) is 4.79 Å².